The van der Waals surface area contributed by atoms with Gasteiger partial charge in [0.15, 0.2) is 11.5 Å². The number of nitrogens with zero attached hydrogens (tertiary/aromatic N) is 3. The maximum Gasteiger partial charge on any atom is 0.255 e. The van der Waals surface area contributed by atoms with Crippen LogP contribution in [-0.2, 0) is 4.79 Å². The number of phenols is 1. The molecule has 0 aliphatic carbocycles. The van der Waals surface area contributed by atoms with Gasteiger partial charge in [0, 0.05) is 17.1 Å². The van der Waals surface area contributed by atoms with E-state index in [2.05, 4.69) is 22.5 Å². The van der Waals surface area contributed by atoms with E-state index in [0.29, 0.717) is 28.1 Å². The predicted molar refractivity (Wildman–Crippen MR) is 135 cm³/mol. The van der Waals surface area contributed by atoms with Gasteiger partial charge in [-0.3, -0.25) is 4.79 Å². The first-order chi connectivity index (χ1) is 16.3. The van der Waals surface area contributed by atoms with Crippen LogP contribution in [0.15, 0.2) is 52.8 Å². The summed E-state index contributed by atoms with van der Waals surface area (Å²) >= 11 is 1.57. The Labute approximate surface area is 203 Å². The molecule has 0 bridgehead atoms. The van der Waals surface area contributed by atoms with E-state index in [0.717, 1.165) is 34.6 Å². The Morgan fingerprint density at radius 3 is 2.79 bits per heavy atom. The van der Waals surface area contributed by atoms with Crippen molar-refractivity contribution < 1.29 is 14.6 Å². The first kappa shape index (κ1) is 23.7. The average molecular weight is 480 g/mol. The van der Waals surface area contributed by atoms with E-state index in [1.54, 1.807) is 34.6 Å². The standard InChI is InChI=1S/C25H29N5O3S/c1-6-12-34-25-28-24-26-16(4)21(23(32)27-18-9-7-8-14(2)15(18)3)22(30(24)29-25)17-10-11-19(31)20(13-17)33-5/h7-11,13,22,31H,6,12H2,1-5H3,(H,27,32)(H,26,28,29). The Balaban J connectivity index is 1.80. The second-order valence-electron chi connectivity index (χ2n) is 8.21. The number of hydrogen-bond donors (Lipinski definition) is 3. The van der Waals surface area contributed by atoms with Crippen molar-refractivity contribution in [2.24, 2.45) is 0 Å². The zero-order valence-electron chi connectivity index (χ0n) is 20.0. The SMILES string of the molecule is CCCSc1nc2n(n1)C(c1ccc(O)c(OC)c1)C(C(=O)Nc1cccc(C)c1C)=C(C)N2. The lowest BCUT2D eigenvalue weighted by atomic mass is 9.94. The molecule has 1 aliphatic rings. The summed E-state index contributed by atoms with van der Waals surface area (Å²) < 4.78 is 7.07. The molecule has 3 N–H and O–H groups in total. The second-order valence-corrected chi connectivity index (χ2v) is 9.27. The van der Waals surface area contributed by atoms with Gasteiger partial charge in [-0.1, -0.05) is 36.9 Å². The van der Waals surface area contributed by atoms with Crippen LogP contribution >= 0.6 is 11.8 Å². The molecule has 2 aromatic carbocycles. The number of rotatable bonds is 7. The summed E-state index contributed by atoms with van der Waals surface area (Å²) in [6, 6.07) is 10.3. The summed E-state index contributed by atoms with van der Waals surface area (Å²) in [5.74, 6) is 1.58. The fraction of sp³-hybridized carbons (Fsp3) is 0.320. The van der Waals surface area contributed by atoms with Gasteiger partial charge in [0.2, 0.25) is 11.1 Å². The van der Waals surface area contributed by atoms with Gasteiger partial charge in [0.05, 0.1) is 12.7 Å². The van der Waals surface area contributed by atoms with Gasteiger partial charge < -0.3 is 20.5 Å². The number of fused-ring (bicyclic) bond motifs is 1. The van der Waals surface area contributed by atoms with Crippen LogP contribution in [0.1, 0.15) is 43.0 Å². The van der Waals surface area contributed by atoms with E-state index in [1.165, 1.54) is 7.11 Å². The molecule has 0 saturated heterocycles. The smallest absolute Gasteiger partial charge is 0.255 e. The molecule has 0 fully saturated rings. The lowest BCUT2D eigenvalue weighted by molar-refractivity contribution is -0.113. The lowest BCUT2D eigenvalue weighted by Crippen LogP contribution is -2.31. The van der Waals surface area contributed by atoms with Crippen molar-refractivity contribution in [2.45, 2.75) is 45.3 Å². The van der Waals surface area contributed by atoms with E-state index in [4.69, 9.17) is 9.84 Å². The fourth-order valence-corrected chi connectivity index (χ4v) is 4.61. The second kappa shape index (κ2) is 9.80. The highest BCUT2D eigenvalue weighted by molar-refractivity contribution is 7.99. The number of carbonyl (C=O) groups is 1. The van der Waals surface area contributed by atoms with Crippen molar-refractivity contribution in [3.05, 3.63) is 64.4 Å². The number of hydrogen-bond acceptors (Lipinski definition) is 7. The van der Waals surface area contributed by atoms with Crippen LogP contribution in [0, 0.1) is 13.8 Å². The van der Waals surface area contributed by atoms with Crippen molar-refractivity contribution in [2.75, 3.05) is 23.5 Å². The fourth-order valence-electron chi connectivity index (χ4n) is 3.93. The van der Waals surface area contributed by atoms with Gasteiger partial charge in [-0.05, 0) is 62.1 Å². The molecule has 3 aromatic rings. The molecule has 0 spiro atoms. The number of aromatic hydroxyl groups is 1. The van der Waals surface area contributed by atoms with Crippen molar-refractivity contribution in [3.63, 3.8) is 0 Å². The molecule has 1 aliphatic heterocycles. The minimum Gasteiger partial charge on any atom is -0.504 e. The number of aryl methyl sites for hydroxylation is 1. The van der Waals surface area contributed by atoms with Gasteiger partial charge >= 0.3 is 0 Å². The van der Waals surface area contributed by atoms with Crippen molar-refractivity contribution >= 4 is 29.3 Å². The van der Waals surface area contributed by atoms with Crippen LogP contribution in [-0.4, -0.2) is 38.6 Å². The summed E-state index contributed by atoms with van der Waals surface area (Å²) in [4.78, 5) is 18.3. The highest BCUT2D eigenvalue weighted by Gasteiger charge is 2.35. The summed E-state index contributed by atoms with van der Waals surface area (Å²) in [7, 11) is 1.50. The molecule has 34 heavy (non-hydrogen) atoms. The number of aromatic nitrogens is 3. The number of allylic oxidation sites excluding steroid dienone is 1. The normalized spacial score (nSPS) is 15.0. The Morgan fingerprint density at radius 2 is 2.06 bits per heavy atom. The number of methoxy groups -OCH3 is 1. The van der Waals surface area contributed by atoms with Crippen LogP contribution < -0.4 is 15.4 Å². The highest BCUT2D eigenvalue weighted by Crippen LogP contribution is 2.39. The number of thioether (sulfide) groups is 1. The van der Waals surface area contributed by atoms with E-state index in [9.17, 15) is 9.90 Å². The van der Waals surface area contributed by atoms with Gasteiger partial charge in [0.1, 0.15) is 6.04 Å². The predicted octanol–water partition coefficient (Wildman–Crippen LogP) is 5.04. The summed E-state index contributed by atoms with van der Waals surface area (Å²) in [5.41, 5.74) is 4.82. The van der Waals surface area contributed by atoms with Crippen molar-refractivity contribution in [1.29, 1.82) is 0 Å². The number of benzene rings is 2. The monoisotopic (exact) mass is 479 g/mol. The van der Waals surface area contributed by atoms with Gasteiger partial charge in [-0.15, -0.1) is 5.10 Å². The average Bonchev–Trinajstić information content (AvgIpc) is 3.22. The molecule has 9 heteroatoms. The third-order valence-electron chi connectivity index (χ3n) is 5.89. The zero-order chi connectivity index (χ0) is 24.4. The van der Waals surface area contributed by atoms with Gasteiger partial charge in [-0.25, -0.2) is 4.68 Å². The number of nitrogens with one attached hydrogen (secondary N) is 2. The third-order valence-corrected chi connectivity index (χ3v) is 6.93. The maximum atomic E-state index is 13.7. The van der Waals surface area contributed by atoms with Gasteiger partial charge in [-0.2, -0.15) is 4.98 Å². The number of anilines is 2. The topological polar surface area (TPSA) is 101 Å². The van der Waals surface area contributed by atoms with Gasteiger partial charge in [0.25, 0.3) is 5.91 Å². The molecule has 0 saturated carbocycles. The minimum atomic E-state index is -0.556. The minimum absolute atomic E-state index is 0.0280. The maximum absolute atomic E-state index is 13.7. The number of phenolic OH excluding ortho intramolecular Hbond substituents is 1. The molecule has 4 rings (SSSR count). The Morgan fingerprint density at radius 1 is 1.26 bits per heavy atom. The van der Waals surface area contributed by atoms with E-state index < -0.39 is 6.04 Å². The first-order valence-corrected chi connectivity index (χ1v) is 12.1. The van der Waals surface area contributed by atoms with Crippen LogP contribution in [0.3, 0.4) is 0 Å². The lowest BCUT2D eigenvalue weighted by Gasteiger charge is -2.29. The third kappa shape index (κ3) is 4.48. The first-order valence-electron chi connectivity index (χ1n) is 11.2. The molecule has 0 radical (unpaired) electrons. The van der Waals surface area contributed by atoms with E-state index in [1.807, 2.05) is 39.0 Å². The van der Waals surface area contributed by atoms with E-state index in [-0.39, 0.29) is 11.7 Å². The molecule has 1 aromatic heterocycles. The summed E-state index contributed by atoms with van der Waals surface area (Å²) in [5, 5.41) is 21.8. The van der Waals surface area contributed by atoms with E-state index >= 15 is 0 Å². The Bertz CT molecular complexity index is 1270. The van der Waals surface area contributed by atoms with Crippen molar-refractivity contribution in [3.8, 4) is 11.5 Å². The number of amides is 1. The molecule has 2 heterocycles. The van der Waals surface area contributed by atoms with Crippen molar-refractivity contribution in [1.82, 2.24) is 14.8 Å². The molecule has 1 atom stereocenters. The zero-order valence-corrected chi connectivity index (χ0v) is 20.8. The van der Waals surface area contributed by atoms with Crippen LogP contribution in [0.25, 0.3) is 0 Å². The van der Waals surface area contributed by atoms with Crippen LogP contribution in [0.5, 0.6) is 11.5 Å². The quantitative estimate of drug-likeness (QED) is 0.408. The van der Waals surface area contributed by atoms with Crippen LogP contribution in [0.2, 0.25) is 0 Å². The molecule has 178 valence electrons. The largest absolute Gasteiger partial charge is 0.504 e. The summed E-state index contributed by atoms with van der Waals surface area (Å²) in [6.07, 6.45) is 1.00. The molecular formula is C25H29N5O3S. The molecule has 1 amide bonds. The molecule has 1 unspecified atom stereocenters. The Kier molecular flexibility index (Phi) is 6.83. The van der Waals surface area contributed by atoms with Crippen LogP contribution in [0.4, 0.5) is 11.6 Å². The molecule has 8 nitrogen and oxygen atoms in total. The highest BCUT2D eigenvalue weighted by atomic mass is 32.2. The number of carbonyl (C=O) groups excluding carboxylic acids is 1. The Hall–Kier alpha value is -3.46. The summed E-state index contributed by atoms with van der Waals surface area (Å²) in [6.45, 7) is 7.97. The number of ether oxygens (including phenoxy) is 1. The molecular weight excluding hydrogens is 450 g/mol.